The van der Waals surface area contributed by atoms with Crippen LogP contribution in [0.4, 0.5) is 30.2 Å². The Morgan fingerprint density at radius 3 is 1.37 bits per heavy atom. The van der Waals surface area contributed by atoms with Crippen molar-refractivity contribution in [1.82, 2.24) is 19.9 Å². The van der Waals surface area contributed by atoms with E-state index in [-0.39, 0.29) is 59.7 Å². The molecule has 2 N–H and O–H groups in total. The van der Waals surface area contributed by atoms with Gasteiger partial charge in [-0.3, -0.25) is 34.7 Å². The topological polar surface area (TPSA) is 204 Å². The van der Waals surface area contributed by atoms with E-state index in [1.807, 2.05) is 24.3 Å². The van der Waals surface area contributed by atoms with Crippen molar-refractivity contribution in [2.75, 3.05) is 4.90 Å². The van der Waals surface area contributed by atoms with Crippen LogP contribution in [0.2, 0.25) is 0 Å². The molecular weight excluding hydrogens is 1050 g/mol. The van der Waals surface area contributed by atoms with Gasteiger partial charge < -0.3 is 30.3 Å². The molecule has 0 fully saturated rings. The van der Waals surface area contributed by atoms with E-state index < -0.39 is 17.6 Å². The third kappa shape index (κ3) is 16.2. The summed E-state index contributed by atoms with van der Waals surface area (Å²) in [5.41, 5.74) is 14.6. The second kappa shape index (κ2) is 25.8. The Morgan fingerprint density at radius 2 is 1.00 bits per heavy atom. The number of ether oxygens (including phenoxy) is 3. The van der Waals surface area contributed by atoms with Crippen LogP contribution in [0.3, 0.4) is 0 Å². The predicted octanol–water partition coefficient (Wildman–Crippen LogP) is 13.3. The summed E-state index contributed by atoms with van der Waals surface area (Å²) < 4.78 is 52.6. The molecule has 0 saturated carbocycles. The summed E-state index contributed by atoms with van der Waals surface area (Å²) >= 11 is 3.70. The number of nitrogens with one attached hydrogen (secondary N) is 2. The third-order valence-electron chi connectivity index (χ3n) is 10.4. The van der Waals surface area contributed by atoms with Crippen LogP contribution in [0.1, 0.15) is 58.4 Å². The van der Waals surface area contributed by atoms with Gasteiger partial charge in [0.05, 0.1) is 22.8 Å². The molecule has 0 radical (unpaired) electrons. The summed E-state index contributed by atoms with van der Waals surface area (Å²) in [6, 6.07) is 37.4. The molecule has 0 aliphatic carbocycles. The fourth-order valence-corrected chi connectivity index (χ4v) is 6.75. The Morgan fingerprint density at radius 1 is 0.616 bits per heavy atom. The van der Waals surface area contributed by atoms with Crippen molar-refractivity contribution in [3.63, 3.8) is 0 Å². The molecule has 0 unspecified atom stereocenters. The number of isothiocyanates is 1. The number of thiocarbonyl (C=S) groups is 1. The number of carbonyl (C=O) groups is 3. The number of benzene rings is 3. The number of anilines is 3. The maximum absolute atomic E-state index is 12.7. The van der Waals surface area contributed by atoms with Gasteiger partial charge in [-0.05, 0) is 88.2 Å². The summed E-state index contributed by atoms with van der Waals surface area (Å²) in [6.07, 6.45) is 0.0792. The number of nitrogens with zero attached hydrogens (tertiary/aromatic N) is 6. The van der Waals surface area contributed by atoms with Gasteiger partial charge in [0.2, 0.25) is 0 Å². The van der Waals surface area contributed by atoms with E-state index in [0.29, 0.717) is 41.8 Å². The minimum Gasteiger partial charge on any atom is -0.753 e. The van der Waals surface area contributed by atoms with Crippen LogP contribution in [0.5, 0.6) is 17.2 Å². The largest absolute Gasteiger partial charge is 2.00 e. The number of hydrogen-bond donors (Lipinski definition) is 1. The Balaban J connectivity index is 0.000000321. The van der Waals surface area contributed by atoms with E-state index in [9.17, 15) is 27.6 Å². The average Bonchev–Trinajstić information content (AvgIpc) is 3.35. The second-order valence-corrected chi connectivity index (χ2v) is 17.6. The van der Waals surface area contributed by atoms with E-state index in [2.05, 4.69) is 127 Å². The molecule has 0 amide bonds. The number of pyridine rings is 4. The molecule has 19 heteroatoms. The van der Waals surface area contributed by atoms with Crippen molar-refractivity contribution >= 4 is 65.3 Å². The number of aromatic nitrogens is 4. The molecule has 374 valence electrons. The van der Waals surface area contributed by atoms with Crippen LogP contribution >= 0.6 is 12.2 Å². The molecule has 4 aromatic heterocycles. The number of allylic oxidation sites excluding steroid dienone is 1. The number of hydrogen-bond acceptors (Lipinski definition) is 13. The zero-order chi connectivity index (χ0) is 52.6. The minimum absolute atomic E-state index is 0. The van der Waals surface area contributed by atoms with E-state index in [1.165, 1.54) is 77.3 Å². The first-order valence-electron chi connectivity index (χ1n) is 21.6. The fourth-order valence-electron chi connectivity index (χ4n) is 6.75. The number of rotatable bonds is 14. The van der Waals surface area contributed by atoms with Gasteiger partial charge in [0.25, 0.3) is 19.4 Å². The molecule has 0 aliphatic heterocycles. The average molecular weight is 1090 g/mol. The molecule has 14 nitrogen and oxygen atoms in total. The van der Waals surface area contributed by atoms with Crippen molar-refractivity contribution in [1.29, 1.82) is 5.41 Å². The van der Waals surface area contributed by atoms with Gasteiger partial charge >= 0.3 is 25.7 Å². The first-order chi connectivity index (χ1) is 34.2. The van der Waals surface area contributed by atoms with Crippen LogP contribution in [0, 0.1) is 5.41 Å². The Hall–Kier alpha value is -8.11. The quantitative estimate of drug-likeness (QED) is 0.0468. The van der Waals surface area contributed by atoms with Crippen LogP contribution in [-0.4, -0.2) is 56.4 Å². The Bertz CT molecular complexity index is 2940. The van der Waals surface area contributed by atoms with E-state index in [1.54, 1.807) is 6.07 Å². The van der Waals surface area contributed by atoms with Gasteiger partial charge in [-0.15, -0.1) is 5.70 Å². The van der Waals surface area contributed by atoms with Gasteiger partial charge in [-0.2, -0.15) is 18.3 Å². The van der Waals surface area contributed by atoms with E-state index in [0.717, 1.165) is 28.2 Å². The molecule has 73 heavy (non-hydrogen) atoms. The Kier molecular flexibility index (Phi) is 20.3. The maximum Gasteiger partial charge on any atom is 2.00 e. The first kappa shape index (κ1) is 57.5. The van der Waals surface area contributed by atoms with E-state index >= 15 is 0 Å². The third-order valence-corrected chi connectivity index (χ3v) is 10.4. The van der Waals surface area contributed by atoms with Crippen molar-refractivity contribution in [2.24, 2.45) is 0 Å². The molecule has 7 rings (SSSR count). The van der Waals surface area contributed by atoms with Gasteiger partial charge in [0, 0.05) is 71.2 Å². The minimum atomic E-state index is -4.80. The smallest absolute Gasteiger partial charge is 0.753 e. The van der Waals surface area contributed by atoms with Crippen molar-refractivity contribution < 1.29 is 61.2 Å². The van der Waals surface area contributed by atoms with Crippen LogP contribution in [-0.2, 0) is 44.7 Å². The molecular formula is C54H47F3N8O6RuS. The van der Waals surface area contributed by atoms with Gasteiger partial charge in [-0.25, -0.2) is 4.98 Å². The zero-order valence-corrected chi connectivity index (χ0v) is 42.7. The van der Waals surface area contributed by atoms with E-state index in [4.69, 9.17) is 30.8 Å². The van der Waals surface area contributed by atoms with Crippen molar-refractivity contribution in [2.45, 2.75) is 58.5 Å². The molecule has 0 bridgehead atoms. The molecule has 4 heterocycles. The number of carbonyl (C=O) groups excluding carboxylic acids is 3. The van der Waals surface area contributed by atoms with Crippen LogP contribution < -0.4 is 19.1 Å². The fraction of sp³-hybridized carbons (Fsp3) is 0.167. The predicted molar refractivity (Wildman–Crippen MR) is 275 cm³/mol. The van der Waals surface area contributed by atoms with Gasteiger partial charge in [-0.1, -0.05) is 96.2 Å². The summed E-state index contributed by atoms with van der Waals surface area (Å²) in [5.74, 6) is 0.760. The molecule has 0 spiro atoms. The summed E-state index contributed by atoms with van der Waals surface area (Å²) in [6.45, 7) is 14.0. The summed E-state index contributed by atoms with van der Waals surface area (Å²) in [7, 11) is 0. The molecule has 0 atom stereocenters. The SMILES string of the molecule is CC(C)(C)c1ccc(N(c2ccc(-c3ccc(/C([NH-])=C/C(=N)C(F)(F)F)nc3)cc2)c2ccc(C(C)(C)C)cc2)cc1.O=COc1ccnc(-c2cc(OC=O)cc(-c3cc(OC=O)ccn3)n2)c1.[N-]=C=S.[Ru+2]. The molecule has 0 aliphatic rings. The molecule has 0 saturated heterocycles. The van der Waals surface area contributed by atoms with Crippen molar-refractivity contribution in [3.8, 4) is 51.2 Å². The normalized spacial score (nSPS) is 11.1. The first-order valence-corrected chi connectivity index (χ1v) is 22.0. The second-order valence-electron chi connectivity index (χ2n) is 17.4. The summed E-state index contributed by atoms with van der Waals surface area (Å²) in [4.78, 5) is 51.0. The molecule has 3 aromatic carbocycles. The number of halogens is 3. The van der Waals surface area contributed by atoms with Gasteiger partial charge in [0.1, 0.15) is 23.0 Å². The van der Waals surface area contributed by atoms with Crippen LogP contribution in [0.15, 0.2) is 146 Å². The monoisotopic (exact) mass is 1090 g/mol. The Labute approximate surface area is 438 Å². The molecule has 7 aromatic rings. The standard InChI is InChI=1S/C35H36F3N4.C18H11N3O6.CNS.Ru/c1-33(2,3)25-10-16-28(17-11-25)42(29-18-12-26(13-19-29)34(4,5)6)27-14-7-23(8-15-27)24-9-20-31(41-22-24)30(39)21-32(40)35(36,37)38;22-9-25-12-1-3-19-15(5-12)17-7-14(27-11-24)8-18(21-17)16-6-13(26-10-23)2-4-20-16;2-1-3;/h7-22,39-40H,1-6H3;1-11H;;/q-1;;-1;+2/b30-21-,40-32?;;;. The summed E-state index contributed by atoms with van der Waals surface area (Å²) in [5, 5.41) is 15.6. The van der Waals surface area contributed by atoms with Crippen molar-refractivity contribution in [3.05, 3.63) is 174 Å². The van der Waals surface area contributed by atoms with Crippen LogP contribution in [0.25, 0.3) is 50.7 Å². The van der Waals surface area contributed by atoms with Gasteiger partial charge in [0.15, 0.2) is 0 Å². The number of alkyl halides is 3. The maximum atomic E-state index is 12.7. The zero-order valence-electron chi connectivity index (χ0n) is 40.1.